The summed E-state index contributed by atoms with van der Waals surface area (Å²) in [5.41, 5.74) is 1.91. The highest BCUT2D eigenvalue weighted by Crippen LogP contribution is 2.34. The Morgan fingerprint density at radius 1 is 1.17 bits per heavy atom. The monoisotopic (exact) mass is 432 g/mol. The standard InChI is InChI=1S/C22H28N2O5S/c1-24-22(21(16-29-24)30(25,26)23-14-20-11-6-12-27-20)18-9-5-10-19(13-18)28-15-17-7-3-2-4-8-17/h2-5,7-10,13,20-23H,6,11-12,14-16H2,1H3/t20-,21-,22+/m0/s1. The number of sulfonamides is 1. The third-order valence-corrected chi connectivity index (χ3v) is 7.33. The summed E-state index contributed by atoms with van der Waals surface area (Å²) in [4.78, 5) is 5.60. The van der Waals surface area contributed by atoms with Crippen molar-refractivity contribution in [3.05, 3.63) is 65.7 Å². The van der Waals surface area contributed by atoms with Crippen LogP contribution in [0.15, 0.2) is 54.6 Å². The van der Waals surface area contributed by atoms with E-state index in [9.17, 15) is 8.42 Å². The molecule has 2 saturated heterocycles. The molecule has 0 aliphatic carbocycles. The van der Waals surface area contributed by atoms with Gasteiger partial charge in [0.2, 0.25) is 10.0 Å². The number of nitrogens with zero attached hydrogens (tertiary/aromatic N) is 1. The van der Waals surface area contributed by atoms with Gasteiger partial charge in [-0.15, -0.1) is 0 Å². The van der Waals surface area contributed by atoms with Crippen LogP contribution in [-0.2, 0) is 26.2 Å². The van der Waals surface area contributed by atoms with Gasteiger partial charge in [0.1, 0.15) is 17.6 Å². The summed E-state index contributed by atoms with van der Waals surface area (Å²) in [6, 6.07) is 17.1. The van der Waals surface area contributed by atoms with Gasteiger partial charge < -0.3 is 9.47 Å². The molecule has 1 N–H and O–H groups in total. The molecule has 4 rings (SSSR count). The Kier molecular flexibility index (Phi) is 6.70. The number of benzene rings is 2. The molecule has 2 fully saturated rings. The zero-order chi connectivity index (χ0) is 21.0. The van der Waals surface area contributed by atoms with Crippen LogP contribution < -0.4 is 9.46 Å². The van der Waals surface area contributed by atoms with Crippen LogP contribution in [0.4, 0.5) is 0 Å². The van der Waals surface area contributed by atoms with Crippen LogP contribution >= 0.6 is 0 Å². The molecule has 0 unspecified atom stereocenters. The van der Waals surface area contributed by atoms with Crippen LogP contribution in [0.3, 0.4) is 0 Å². The lowest BCUT2D eigenvalue weighted by molar-refractivity contribution is -0.110. The van der Waals surface area contributed by atoms with Crippen LogP contribution in [-0.4, -0.2) is 51.6 Å². The van der Waals surface area contributed by atoms with Crippen molar-refractivity contribution >= 4 is 10.0 Å². The minimum atomic E-state index is -3.58. The first kappa shape index (κ1) is 21.3. The van der Waals surface area contributed by atoms with E-state index in [1.807, 2.05) is 54.6 Å². The second-order valence-electron chi connectivity index (χ2n) is 7.70. The smallest absolute Gasteiger partial charge is 0.218 e. The SMILES string of the molecule is CN1OC[C@H](S(=O)(=O)NC[C@@H]2CCCO2)[C@H]1c1cccc(OCc2ccccc2)c1. The molecule has 0 radical (unpaired) electrons. The summed E-state index contributed by atoms with van der Waals surface area (Å²) in [6.45, 7) is 1.55. The van der Waals surface area contributed by atoms with E-state index in [-0.39, 0.29) is 12.7 Å². The van der Waals surface area contributed by atoms with E-state index in [0.29, 0.717) is 25.5 Å². The lowest BCUT2D eigenvalue weighted by atomic mass is 10.0. The number of hydroxylamine groups is 2. The summed E-state index contributed by atoms with van der Waals surface area (Å²) in [6.07, 6.45) is 1.81. The predicted octanol–water partition coefficient (Wildman–Crippen LogP) is 2.65. The highest BCUT2D eigenvalue weighted by molar-refractivity contribution is 7.90. The maximum absolute atomic E-state index is 13.0. The molecule has 0 amide bonds. The average Bonchev–Trinajstić information content (AvgIpc) is 3.42. The van der Waals surface area contributed by atoms with Crippen LogP contribution in [0.1, 0.15) is 30.0 Å². The number of hydrogen-bond donors (Lipinski definition) is 1. The Balaban J connectivity index is 1.46. The molecule has 7 nitrogen and oxygen atoms in total. The Labute approximate surface area is 177 Å². The van der Waals surface area contributed by atoms with Gasteiger partial charge in [0.15, 0.2) is 0 Å². The van der Waals surface area contributed by atoms with Gasteiger partial charge in [-0.2, -0.15) is 5.06 Å². The van der Waals surface area contributed by atoms with Gasteiger partial charge in [0.05, 0.1) is 18.8 Å². The third kappa shape index (κ3) is 5.01. The van der Waals surface area contributed by atoms with E-state index in [4.69, 9.17) is 14.3 Å². The van der Waals surface area contributed by atoms with E-state index in [1.54, 1.807) is 12.1 Å². The lowest BCUT2D eigenvalue weighted by Gasteiger charge is -2.24. The number of rotatable bonds is 8. The van der Waals surface area contributed by atoms with Gasteiger partial charge in [-0.25, -0.2) is 13.1 Å². The summed E-state index contributed by atoms with van der Waals surface area (Å²) in [5.74, 6) is 0.695. The third-order valence-electron chi connectivity index (χ3n) is 5.57. The van der Waals surface area contributed by atoms with Gasteiger partial charge in [0, 0.05) is 20.2 Å². The second kappa shape index (κ2) is 9.45. The van der Waals surface area contributed by atoms with E-state index in [0.717, 1.165) is 24.0 Å². The van der Waals surface area contributed by atoms with E-state index < -0.39 is 21.3 Å². The quantitative estimate of drug-likeness (QED) is 0.691. The molecule has 2 heterocycles. The van der Waals surface area contributed by atoms with Crippen molar-refractivity contribution in [1.82, 2.24) is 9.79 Å². The fraction of sp³-hybridized carbons (Fsp3) is 0.455. The van der Waals surface area contributed by atoms with Crippen LogP contribution in [0.25, 0.3) is 0 Å². The fourth-order valence-electron chi connectivity index (χ4n) is 3.93. The van der Waals surface area contributed by atoms with Gasteiger partial charge in [-0.1, -0.05) is 42.5 Å². The van der Waals surface area contributed by atoms with Crippen molar-refractivity contribution in [3.63, 3.8) is 0 Å². The first-order valence-corrected chi connectivity index (χ1v) is 11.8. The fourth-order valence-corrected chi connectivity index (χ4v) is 5.47. The van der Waals surface area contributed by atoms with Crippen LogP contribution in [0.5, 0.6) is 5.75 Å². The van der Waals surface area contributed by atoms with E-state index in [2.05, 4.69) is 4.72 Å². The van der Waals surface area contributed by atoms with Crippen molar-refractivity contribution in [2.75, 3.05) is 26.8 Å². The average molecular weight is 433 g/mol. The first-order chi connectivity index (χ1) is 14.5. The molecular weight excluding hydrogens is 404 g/mol. The molecule has 2 aromatic rings. The van der Waals surface area contributed by atoms with Gasteiger partial charge in [-0.05, 0) is 36.1 Å². The van der Waals surface area contributed by atoms with Crippen LogP contribution in [0, 0.1) is 0 Å². The Hall–Kier alpha value is -1.97. The van der Waals surface area contributed by atoms with Crippen LogP contribution in [0.2, 0.25) is 0 Å². The molecule has 8 heteroatoms. The maximum atomic E-state index is 13.0. The molecule has 0 saturated carbocycles. The number of nitrogens with one attached hydrogen (secondary N) is 1. The Morgan fingerprint density at radius 2 is 2.00 bits per heavy atom. The molecule has 0 bridgehead atoms. The molecule has 3 atom stereocenters. The highest BCUT2D eigenvalue weighted by Gasteiger charge is 2.43. The first-order valence-electron chi connectivity index (χ1n) is 10.3. The molecule has 30 heavy (non-hydrogen) atoms. The minimum absolute atomic E-state index is 0.0482. The molecule has 2 aliphatic rings. The lowest BCUT2D eigenvalue weighted by Crippen LogP contribution is -2.42. The zero-order valence-electron chi connectivity index (χ0n) is 17.1. The highest BCUT2D eigenvalue weighted by atomic mass is 32.2. The molecule has 162 valence electrons. The van der Waals surface area contributed by atoms with Crippen molar-refractivity contribution in [1.29, 1.82) is 0 Å². The Morgan fingerprint density at radius 3 is 2.77 bits per heavy atom. The normalized spacial score (nSPS) is 24.9. The van der Waals surface area contributed by atoms with Gasteiger partial charge in [0.25, 0.3) is 0 Å². The molecule has 0 spiro atoms. The van der Waals surface area contributed by atoms with E-state index in [1.165, 1.54) is 0 Å². The zero-order valence-corrected chi connectivity index (χ0v) is 17.9. The van der Waals surface area contributed by atoms with Gasteiger partial charge >= 0.3 is 0 Å². The predicted molar refractivity (Wildman–Crippen MR) is 113 cm³/mol. The minimum Gasteiger partial charge on any atom is -0.489 e. The van der Waals surface area contributed by atoms with E-state index >= 15 is 0 Å². The van der Waals surface area contributed by atoms with Crippen molar-refractivity contribution < 1.29 is 22.7 Å². The molecular formula is C22H28N2O5S. The Bertz CT molecular complexity index is 932. The summed E-state index contributed by atoms with van der Waals surface area (Å²) < 4.78 is 40.2. The maximum Gasteiger partial charge on any atom is 0.218 e. The molecule has 0 aromatic heterocycles. The second-order valence-corrected chi connectivity index (χ2v) is 9.68. The summed E-state index contributed by atoms with van der Waals surface area (Å²) in [5, 5.41) is 0.903. The van der Waals surface area contributed by atoms with Gasteiger partial charge in [-0.3, -0.25) is 4.84 Å². The molecule has 2 aromatic carbocycles. The number of ether oxygens (including phenoxy) is 2. The molecule has 2 aliphatic heterocycles. The topological polar surface area (TPSA) is 77.1 Å². The summed E-state index contributed by atoms with van der Waals surface area (Å²) in [7, 11) is -1.82. The summed E-state index contributed by atoms with van der Waals surface area (Å²) >= 11 is 0. The van der Waals surface area contributed by atoms with Crippen molar-refractivity contribution in [2.45, 2.75) is 36.8 Å². The van der Waals surface area contributed by atoms with Crippen molar-refractivity contribution in [3.8, 4) is 5.75 Å². The van der Waals surface area contributed by atoms with Crippen molar-refractivity contribution in [2.24, 2.45) is 0 Å². The largest absolute Gasteiger partial charge is 0.489 e. The number of hydrogen-bond acceptors (Lipinski definition) is 6.